The zero-order valence-electron chi connectivity index (χ0n) is 5.37. The minimum atomic E-state index is 1.11. The number of hydrogen-bond donors (Lipinski definition) is 0. The summed E-state index contributed by atoms with van der Waals surface area (Å²) in [6.07, 6.45) is 3.19. The summed E-state index contributed by atoms with van der Waals surface area (Å²) in [5.74, 6) is 0. The van der Waals surface area contributed by atoms with Crippen LogP contribution in [0.1, 0.15) is 5.69 Å². The van der Waals surface area contributed by atoms with E-state index in [1.54, 1.807) is 19.4 Å². The van der Waals surface area contributed by atoms with Gasteiger partial charge in [0.15, 0.2) is 0 Å². The van der Waals surface area contributed by atoms with Crippen LogP contribution in [0.2, 0.25) is 0 Å². The fourth-order valence-corrected chi connectivity index (χ4v) is 1.41. The molecule has 1 nitrogen and oxygen atoms in total. The molecule has 0 aromatic carbocycles. The van der Waals surface area contributed by atoms with Gasteiger partial charge in [-0.2, -0.15) is 0 Å². The van der Waals surface area contributed by atoms with E-state index in [2.05, 4.69) is 34.3 Å². The summed E-state index contributed by atoms with van der Waals surface area (Å²) in [4.78, 5) is 0. The molecule has 9 heavy (non-hydrogen) atoms. The van der Waals surface area contributed by atoms with E-state index < -0.39 is 0 Å². The Hall–Kier alpha value is -0.162. The number of nitrogens with zero attached hydrogens (tertiary/aromatic N) is 1. The van der Waals surface area contributed by atoms with Gasteiger partial charge in [-0.3, -0.25) is 0 Å². The first kappa shape index (κ1) is 6.95. The molecule has 0 spiro atoms. The summed E-state index contributed by atoms with van der Waals surface area (Å²) < 4.78 is 4.40. The van der Waals surface area contributed by atoms with Crippen LogP contribution in [0.5, 0.6) is 0 Å². The minimum absolute atomic E-state index is 1.11. The maximum atomic E-state index is 2.25. The number of aryl methyl sites for hydroxylation is 1. The standard InChI is InChI=1S/C7H9N.W/c1-3-7-5-4-6-8(7)2;/h1,4-6H,3H2,2H3;. The summed E-state index contributed by atoms with van der Waals surface area (Å²) in [6, 6.07) is 4.23. The third-order valence-electron chi connectivity index (χ3n) is 1.34. The molecule has 0 amide bonds. The third-order valence-corrected chi connectivity index (χ3v) is 1.94. The van der Waals surface area contributed by atoms with Gasteiger partial charge in [0.2, 0.25) is 0 Å². The van der Waals surface area contributed by atoms with Crippen molar-refractivity contribution >= 4 is 4.40 Å². The Morgan fingerprint density at radius 1 is 1.78 bits per heavy atom. The SMILES string of the molecule is Cn1cccc1C[CH]=[W]. The van der Waals surface area contributed by atoms with Gasteiger partial charge >= 0.3 is 65.8 Å². The zero-order chi connectivity index (χ0) is 6.69. The van der Waals surface area contributed by atoms with Crippen LogP contribution >= 0.6 is 0 Å². The van der Waals surface area contributed by atoms with E-state index in [0.29, 0.717) is 0 Å². The molecule has 0 radical (unpaired) electrons. The van der Waals surface area contributed by atoms with Gasteiger partial charge in [0, 0.05) is 0 Å². The van der Waals surface area contributed by atoms with Crippen LogP contribution in [0.15, 0.2) is 18.3 Å². The molecule has 0 aliphatic carbocycles. The molecule has 2 heteroatoms. The molecule has 0 fully saturated rings. The summed E-state index contributed by atoms with van der Waals surface area (Å²) in [6.45, 7) is 0. The Morgan fingerprint density at radius 2 is 2.56 bits per heavy atom. The van der Waals surface area contributed by atoms with Crippen molar-refractivity contribution in [2.24, 2.45) is 7.05 Å². The summed E-state index contributed by atoms with van der Waals surface area (Å²) >= 11 is 1.55. The first-order valence-corrected chi connectivity index (χ1v) is 4.58. The van der Waals surface area contributed by atoms with Crippen LogP contribution in [-0.4, -0.2) is 8.97 Å². The fraction of sp³-hybridized carbons (Fsp3) is 0.286. The quantitative estimate of drug-likeness (QED) is 0.763. The summed E-state index contributed by atoms with van der Waals surface area (Å²) in [5, 5.41) is 0. The molecule has 0 unspecified atom stereocenters. The molecular weight excluding hydrogens is 282 g/mol. The molecule has 0 aliphatic heterocycles. The molecule has 48 valence electrons. The maximum absolute atomic E-state index is 2.25. The van der Waals surface area contributed by atoms with Crippen molar-refractivity contribution in [1.82, 2.24) is 4.57 Å². The van der Waals surface area contributed by atoms with E-state index in [-0.39, 0.29) is 0 Å². The summed E-state index contributed by atoms with van der Waals surface area (Å²) in [7, 11) is 2.08. The average molecular weight is 291 g/mol. The van der Waals surface area contributed by atoms with Gasteiger partial charge in [0.1, 0.15) is 0 Å². The van der Waals surface area contributed by atoms with E-state index in [0.717, 1.165) is 6.42 Å². The molecular formula is C7H9NW. The van der Waals surface area contributed by atoms with E-state index >= 15 is 0 Å². The number of aromatic nitrogens is 1. The molecule has 0 saturated heterocycles. The number of rotatable bonds is 2. The van der Waals surface area contributed by atoms with Crippen molar-refractivity contribution in [1.29, 1.82) is 0 Å². The van der Waals surface area contributed by atoms with Crippen LogP contribution in [0, 0.1) is 0 Å². The van der Waals surface area contributed by atoms with Crippen LogP contribution < -0.4 is 0 Å². The monoisotopic (exact) mass is 291 g/mol. The molecule has 0 saturated carbocycles. The second-order valence-electron chi connectivity index (χ2n) is 1.98. The Labute approximate surface area is 66.1 Å². The van der Waals surface area contributed by atoms with Gasteiger partial charge < -0.3 is 0 Å². The average Bonchev–Trinajstić information content (AvgIpc) is 2.18. The molecule has 0 N–H and O–H groups in total. The first-order valence-electron chi connectivity index (χ1n) is 2.88. The Balaban J connectivity index is 2.80. The van der Waals surface area contributed by atoms with E-state index in [4.69, 9.17) is 0 Å². The van der Waals surface area contributed by atoms with Crippen molar-refractivity contribution < 1.29 is 19.4 Å². The topological polar surface area (TPSA) is 4.93 Å². The second-order valence-corrected chi connectivity index (χ2v) is 3.18. The zero-order valence-corrected chi connectivity index (χ0v) is 8.31. The number of hydrogen-bond acceptors (Lipinski definition) is 0. The van der Waals surface area contributed by atoms with Gasteiger partial charge in [-0.15, -0.1) is 0 Å². The molecule has 1 aromatic rings. The van der Waals surface area contributed by atoms with Crippen molar-refractivity contribution in [2.75, 3.05) is 0 Å². The molecule has 0 bridgehead atoms. The van der Waals surface area contributed by atoms with Crippen molar-refractivity contribution in [3.8, 4) is 0 Å². The van der Waals surface area contributed by atoms with Crippen LogP contribution in [0.3, 0.4) is 0 Å². The molecule has 0 aliphatic rings. The third kappa shape index (κ3) is 1.62. The van der Waals surface area contributed by atoms with Gasteiger partial charge in [0.05, 0.1) is 0 Å². The van der Waals surface area contributed by atoms with E-state index in [1.165, 1.54) is 5.69 Å². The predicted molar refractivity (Wildman–Crippen MR) is 35.2 cm³/mol. The van der Waals surface area contributed by atoms with Gasteiger partial charge in [0.25, 0.3) is 0 Å². The van der Waals surface area contributed by atoms with Crippen LogP contribution in [0.4, 0.5) is 0 Å². The predicted octanol–water partition coefficient (Wildman–Crippen LogP) is 0.917. The van der Waals surface area contributed by atoms with Gasteiger partial charge in [-0.1, -0.05) is 0 Å². The molecule has 0 atom stereocenters. The normalized spacial score (nSPS) is 9.44. The summed E-state index contributed by atoms with van der Waals surface area (Å²) in [5.41, 5.74) is 1.39. The van der Waals surface area contributed by atoms with Crippen LogP contribution in [0.25, 0.3) is 0 Å². The van der Waals surface area contributed by atoms with Crippen LogP contribution in [-0.2, 0) is 32.8 Å². The Morgan fingerprint density at radius 3 is 3.00 bits per heavy atom. The first-order chi connectivity index (χ1) is 4.34. The van der Waals surface area contributed by atoms with Crippen molar-refractivity contribution in [2.45, 2.75) is 6.42 Å². The van der Waals surface area contributed by atoms with Crippen molar-refractivity contribution in [3.63, 3.8) is 0 Å². The van der Waals surface area contributed by atoms with E-state index in [1.807, 2.05) is 0 Å². The molecule has 1 heterocycles. The molecule has 1 rings (SSSR count). The van der Waals surface area contributed by atoms with Gasteiger partial charge in [-0.05, 0) is 0 Å². The van der Waals surface area contributed by atoms with Crippen molar-refractivity contribution in [3.05, 3.63) is 24.0 Å². The van der Waals surface area contributed by atoms with E-state index in [9.17, 15) is 0 Å². The Bertz CT molecular complexity index is 202. The fourth-order valence-electron chi connectivity index (χ4n) is 0.794. The second kappa shape index (κ2) is 3.12. The Kier molecular flexibility index (Phi) is 2.41. The van der Waals surface area contributed by atoms with Gasteiger partial charge in [-0.25, -0.2) is 0 Å². The molecule has 1 aromatic heterocycles.